The van der Waals surface area contributed by atoms with E-state index < -0.39 is 17.8 Å². The number of carbonyl (C=O) groups excluding carboxylic acids is 1. The summed E-state index contributed by atoms with van der Waals surface area (Å²) in [6.45, 7) is 1.60. The molecule has 0 unspecified atom stereocenters. The molecular formula is C12H9BrF3N3O2. The molecule has 9 heteroatoms. The molecular weight excluding hydrogens is 355 g/mol. The van der Waals surface area contributed by atoms with Crippen molar-refractivity contribution in [2.24, 2.45) is 0 Å². The Morgan fingerprint density at radius 3 is 2.67 bits per heavy atom. The predicted octanol–water partition coefficient (Wildman–Crippen LogP) is 3.23. The van der Waals surface area contributed by atoms with Crippen LogP contribution in [0.1, 0.15) is 23.1 Å². The van der Waals surface area contributed by atoms with Crippen LogP contribution in [-0.4, -0.2) is 27.3 Å². The molecule has 0 aromatic carbocycles. The smallest absolute Gasteiger partial charge is 0.435 e. The number of pyridine rings is 1. The molecule has 2 heterocycles. The van der Waals surface area contributed by atoms with Crippen LogP contribution in [-0.2, 0) is 10.9 Å². The van der Waals surface area contributed by atoms with Crippen LogP contribution < -0.4 is 0 Å². The lowest BCUT2D eigenvalue weighted by molar-refractivity contribution is -0.141. The molecule has 2 aromatic heterocycles. The van der Waals surface area contributed by atoms with Crippen molar-refractivity contribution in [3.8, 4) is 5.82 Å². The molecule has 0 radical (unpaired) electrons. The Hall–Kier alpha value is -1.90. The highest BCUT2D eigenvalue weighted by Crippen LogP contribution is 2.29. The van der Waals surface area contributed by atoms with Crippen LogP contribution in [0.25, 0.3) is 5.82 Å². The van der Waals surface area contributed by atoms with Crippen LogP contribution in [0, 0.1) is 0 Å². The average molecular weight is 364 g/mol. The van der Waals surface area contributed by atoms with Crippen LogP contribution in [0.4, 0.5) is 13.2 Å². The topological polar surface area (TPSA) is 57.0 Å². The predicted molar refractivity (Wildman–Crippen MR) is 70.0 cm³/mol. The van der Waals surface area contributed by atoms with E-state index in [0.717, 1.165) is 4.68 Å². The molecule has 0 saturated heterocycles. The maximum Gasteiger partial charge on any atom is 0.435 e. The van der Waals surface area contributed by atoms with Gasteiger partial charge in [0.05, 0.1) is 6.61 Å². The van der Waals surface area contributed by atoms with Gasteiger partial charge in [0.25, 0.3) is 0 Å². The highest BCUT2D eigenvalue weighted by Gasteiger charge is 2.36. The molecule has 0 atom stereocenters. The van der Waals surface area contributed by atoms with E-state index in [2.05, 4.69) is 26.0 Å². The summed E-state index contributed by atoms with van der Waals surface area (Å²) in [7, 11) is 0. The summed E-state index contributed by atoms with van der Waals surface area (Å²) in [6, 6.07) is 3.65. The molecule has 0 fully saturated rings. The van der Waals surface area contributed by atoms with E-state index in [-0.39, 0.29) is 18.1 Å². The normalized spacial score (nSPS) is 11.5. The van der Waals surface area contributed by atoms with Gasteiger partial charge in [0, 0.05) is 16.7 Å². The third-order valence-electron chi connectivity index (χ3n) is 2.41. The van der Waals surface area contributed by atoms with Gasteiger partial charge in [-0.25, -0.2) is 14.5 Å². The number of hydrogen-bond acceptors (Lipinski definition) is 4. The maximum atomic E-state index is 12.8. The second-order valence-corrected chi connectivity index (χ2v) is 4.80. The molecule has 0 amide bonds. The van der Waals surface area contributed by atoms with E-state index in [1.165, 1.54) is 12.3 Å². The number of nitrogens with zero attached hydrogens (tertiary/aromatic N) is 3. The zero-order chi connectivity index (χ0) is 15.6. The molecule has 0 aliphatic carbocycles. The van der Waals surface area contributed by atoms with Crippen LogP contribution in [0.3, 0.4) is 0 Å². The summed E-state index contributed by atoms with van der Waals surface area (Å²) in [5.74, 6) is -0.818. The van der Waals surface area contributed by atoms with Crippen molar-refractivity contribution in [2.45, 2.75) is 13.1 Å². The summed E-state index contributed by atoms with van der Waals surface area (Å²) in [5, 5.41) is 3.40. The molecule has 0 N–H and O–H groups in total. The molecule has 0 aliphatic heterocycles. The SMILES string of the molecule is CCOC(=O)c1cc(C(F)(F)F)nn1-c1ccc(Br)cn1. The van der Waals surface area contributed by atoms with Crippen LogP contribution >= 0.6 is 15.9 Å². The maximum absolute atomic E-state index is 12.8. The fraction of sp³-hybridized carbons (Fsp3) is 0.250. The third kappa shape index (κ3) is 3.41. The van der Waals surface area contributed by atoms with E-state index in [0.29, 0.717) is 10.5 Å². The van der Waals surface area contributed by atoms with Gasteiger partial charge in [-0.05, 0) is 35.0 Å². The number of hydrogen-bond donors (Lipinski definition) is 0. The van der Waals surface area contributed by atoms with Crippen molar-refractivity contribution < 1.29 is 22.7 Å². The molecule has 0 saturated carbocycles. The van der Waals surface area contributed by atoms with Crippen molar-refractivity contribution in [3.05, 3.63) is 40.3 Å². The van der Waals surface area contributed by atoms with E-state index in [1.54, 1.807) is 13.0 Å². The van der Waals surface area contributed by atoms with E-state index in [9.17, 15) is 18.0 Å². The summed E-state index contributed by atoms with van der Waals surface area (Å²) in [6.07, 6.45) is -3.28. The lowest BCUT2D eigenvalue weighted by atomic mass is 10.3. The van der Waals surface area contributed by atoms with Crippen LogP contribution in [0.15, 0.2) is 28.9 Å². The van der Waals surface area contributed by atoms with Crippen molar-refractivity contribution in [2.75, 3.05) is 6.61 Å². The monoisotopic (exact) mass is 363 g/mol. The number of alkyl halides is 3. The fourth-order valence-corrected chi connectivity index (χ4v) is 1.77. The summed E-state index contributed by atoms with van der Waals surface area (Å²) < 4.78 is 44.5. The zero-order valence-corrected chi connectivity index (χ0v) is 12.3. The lowest BCUT2D eigenvalue weighted by Gasteiger charge is -2.05. The van der Waals surface area contributed by atoms with Gasteiger partial charge in [0.2, 0.25) is 0 Å². The Morgan fingerprint density at radius 2 is 2.14 bits per heavy atom. The molecule has 112 valence electrons. The van der Waals surface area contributed by atoms with Crippen molar-refractivity contribution >= 4 is 21.9 Å². The molecule has 0 spiro atoms. The number of carbonyl (C=O) groups is 1. The average Bonchev–Trinajstić information content (AvgIpc) is 2.85. The number of aromatic nitrogens is 3. The highest BCUT2D eigenvalue weighted by atomic mass is 79.9. The quantitative estimate of drug-likeness (QED) is 0.785. The van der Waals surface area contributed by atoms with Gasteiger partial charge in [-0.1, -0.05) is 0 Å². The Morgan fingerprint density at radius 1 is 1.43 bits per heavy atom. The molecule has 2 rings (SSSR count). The number of rotatable bonds is 3. The Labute approximate surface area is 125 Å². The van der Waals surface area contributed by atoms with E-state index in [4.69, 9.17) is 4.74 Å². The highest BCUT2D eigenvalue weighted by molar-refractivity contribution is 9.10. The van der Waals surface area contributed by atoms with Gasteiger partial charge < -0.3 is 4.74 Å². The minimum atomic E-state index is -4.66. The standard InChI is InChI=1S/C12H9BrF3N3O2/c1-2-21-11(20)8-5-9(12(14,15)16)18-19(8)10-4-3-7(13)6-17-10/h3-6H,2H2,1H3. The van der Waals surface area contributed by atoms with Gasteiger partial charge in [-0.2, -0.15) is 18.3 Å². The number of esters is 1. The van der Waals surface area contributed by atoms with Crippen LogP contribution in [0.2, 0.25) is 0 Å². The Kier molecular flexibility index (Phi) is 4.31. The Bertz CT molecular complexity index is 653. The van der Waals surface area contributed by atoms with Gasteiger partial charge in [0.15, 0.2) is 17.2 Å². The minimum absolute atomic E-state index is 0.0408. The zero-order valence-electron chi connectivity index (χ0n) is 10.7. The molecule has 0 bridgehead atoms. The summed E-state index contributed by atoms with van der Waals surface area (Å²) >= 11 is 3.16. The van der Waals surface area contributed by atoms with E-state index in [1.807, 2.05) is 0 Å². The van der Waals surface area contributed by atoms with E-state index >= 15 is 0 Å². The first-order valence-electron chi connectivity index (χ1n) is 5.79. The molecule has 21 heavy (non-hydrogen) atoms. The summed E-state index contributed by atoms with van der Waals surface area (Å²) in [5.41, 5.74) is -1.52. The molecule has 0 aliphatic rings. The largest absolute Gasteiger partial charge is 0.461 e. The third-order valence-corrected chi connectivity index (χ3v) is 2.88. The minimum Gasteiger partial charge on any atom is -0.461 e. The van der Waals surface area contributed by atoms with Crippen molar-refractivity contribution in [1.82, 2.24) is 14.8 Å². The first kappa shape index (κ1) is 15.5. The second kappa shape index (κ2) is 5.84. The van der Waals surface area contributed by atoms with Gasteiger partial charge in [-0.15, -0.1) is 0 Å². The van der Waals surface area contributed by atoms with Crippen LogP contribution in [0.5, 0.6) is 0 Å². The second-order valence-electron chi connectivity index (χ2n) is 3.88. The van der Waals surface area contributed by atoms with Crippen molar-refractivity contribution in [3.63, 3.8) is 0 Å². The lowest BCUT2D eigenvalue weighted by Crippen LogP contribution is -2.13. The first-order chi connectivity index (χ1) is 9.82. The van der Waals surface area contributed by atoms with Gasteiger partial charge in [0.1, 0.15) is 0 Å². The van der Waals surface area contributed by atoms with Gasteiger partial charge >= 0.3 is 12.1 Å². The fourth-order valence-electron chi connectivity index (χ4n) is 1.54. The van der Waals surface area contributed by atoms with Gasteiger partial charge in [-0.3, -0.25) is 0 Å². The van der Waals surface area contributed by atoms with Crippen molar-refractivity contribution in [1.29, 1.82) is 0 Å². The first-order valence-corrected chi connectivity index (χ1v) is 6.58. The Balaban J connectivity index is 2.54. The molecule has 5 nitrogen and oxygen atoms in total. The number of halogens is 4. The molecule has 2 aromatic rings. The summed E-state index contributed by atoms with van der Waals surface area (Å²) in [4.78, 5) is 15.7. The number of ether oxygens (including phenoxy) is 1.